The number of ether oxygens (including phenoxy) is 2. The van der Waals surface area contributed by atoms with Gasteiger partial charge in [-0.1, -0.05) is 11.8 Å². The van der Waals surface area contributed by atoms with Gasteiger partial charge < -0.3 is 19.9 Å². The third-order valence-corrected chi connectivity index (χ3v) is 2.39. The normalized spacial score (nSPS) is 9.26. The Bertz CT molecular complexity index is 489. The highest BCUT2D eigenvalue weighted by molar-refractivity contribution is 5.73. The smallest absolute Gasteiger partial charge is 0.217 e. The number of methoxy groups -OCH3 is 2. The number of hydrogen-bond acceptors (Lipinski definition) is 4. The molecule has 0 heterocycles. The van der Waals surface area contributed by atoms with E-state index in [9.17, 15) is 4.79 Å². The van der Waals surface area contributed by atoms with E-state index < -0.39 is 0 Å². The van der Waals surface area contributed by atoms with Crippen LogP contribution < -0.4 is 14.8 Å². The molecule has 5 nitrogen and oxygen atoms in total. The molecular formula is C14H17NO4. The zero-order chi connectivity index (χ0) is 14.3. The fraction of sp³-hybridized carbons (Fsp3) is 0.357. The lowest BCUT2D eigenvalue weighted by Gasteiger charge is -2.10. The Hall–Kier alpha value is -2.19. The minimum atomic E-state index is -0.135. The van der Waals surface area contributed by atoms with Gasteiger partial charge in [0, 0.05) is 6.92 Å². The van der Waals surface area contributed by atoms with E-state index in [1.54, 1.807) is 12.1 Å². The second kappa shape index (κ2) is 7.29. The summed E-state index contributed by atoms with van der Waals surface area (Å²) in [7, 11) is 3.05. The fourth-order valence-corrected chi connectivity index (χ4v) is 1.48. The second-order valence-corrected chi connectivity index (χ2v) is 3.74. The first kappa shape index (κ1) is 14.9. The monoisotopic (exact) mass is 263 g/mol. The van der Waals surface area contributed by atoms with E-state index in [0.717, 1.165) is 0 Å². The molecule has 2 N–H and O–H groups in total. The number of aliphatic hydroxyl groups excluding tert-OH is 1. The Labute approximate surface area is 112 Å². The van der Waals surface area contributed by atoms with E-state index in [1.165, 1.54) is 21.1 Å². The van der Waals surface area contributed by atoms with Crippen LogP contribution in [0.4, 0.5) is 0 Å². The van der Waals surface area contributed by atoms with E-state index in [0.29, 0.717) is 22.6 Å². The van der Waals surface area contributed by atoms with Crippen LogP contribution in [0.2, 0.25) is 0 Å². The summed E-state index contributed by atoms with van der Waals surface area (Å²) in [6.45, 7) is 1.58. The summed E-state index contributed by atoms with van der Waals surface area (Å²) in [4.78, 5) is 10.7. The second-order valence-electron chi connectivity index (χ2n) is 3.74. The van der Waals surface area contributed by atoms with Crippen LogP contribution in [-0.4, -0.2) is 31.8 Å². The average molecular weight is 263 g/mol. The van der Waals surface area contributed by atoms with Gasteiger partial charge in [-0.15, -0.1) is 0 Å². The first-order valence-corrected chi connectivity index (χ1v) is 5.71. The van der Waals surface area contributed by atoms with Crippen molar-refractivity contribution in [2.45, 2.75) is 13.5 Å². The molecule has 1 rings (SSSR count). The Morgan fingerprint density at radius 3 is 2.32 bits per heavy atom. The predicted molar refractivity (Wildman–Crippen MR) is 71.0 cm³/mol. The van der Waals surface area contributed by atoms with E-state index in [1.807, 2.05) is 0 Å². The van der Waals surface area contributed by atoms with E-state index in [2.05, 4.69) is 17.2 Å². The molecule has 1 aromatic carbocycles. The van der Waals surface area contributed by atoms with Gasteiger partial charge in [-0.2, -0.15) is 0 Å². The topological polar surface area (TPSA) is 67.8 Å². The van der Waals surface area contributed by atoms with Crippen LogP contribution in [0.3, 0.4) is 0 Å². The Kier molecular flexibility index (Phi) is 5.71. The van der Waals surface area contributed by atoms with E-state index >= 15 is 0 Å². The van der Waals surface area contributed by atoms with Gasteiger partial charge in [0.1, 0.15) is 17.1 Å². The summed E-state index contributed by atoms with van der Waals surface area (Å²) in [5.41, 5.74) is 1.27. The van der Waals surface area contributed by atoms with Gasteiger partial charge in [0.15, 0.2) is 0 Å². The summed E-state index contributed by atoms with van der Waals surface area (Å²) < 4.78 is 10.5. The van der Waals surface area contributed by atoms with Gasteiger partial charge in [-0.05, 0) is 17.7 Å². The number of rotatable bonds is 4. The molecule has 5 heteroatoms. The molecule has 0 aliphatic rings. The lowest BCUT2D eigenvalue weighted by Crippen LogP contribution is -2.19. The van der Waals surface area contributed by atoms with Crippen molar-refractivity contribution < 1.29 is 19.4 Å². The molecule has 0 saturated carbocycles. The fourth-order valence-electron chi connectivity index (χ4n) is 1.48. The van der Waals surface area contributed by atoms with Crippen molar-refractivity contribution in [3.05, 3.63) is 23.3 Å². The molecule has 0 aromatic heterocycles. The Morgan fingerprint density at radius 1 is 1.32 bits per heavy atom. The predicted octanol–water partition coefficient (Wildman–Crippen LogP) is 0.684. The molecule has 0 radical (unpaired) electrons. The van der Waals surface area contributed by atoms with Crippen molar-refractivity contribution in [1.29, 1.82) is 0 Å². The van der Waals surface area contributed by atoms with Crippen molar-refractivity contribution in [2.24, 2.45) is 0 Å². The zero-order valence-corrected chi connectivity index (χ0v) is 11.2. The van der Waals surface area contributed by atoms with E-state index in [-0.39, 0.29) is 19.1 Å². The number of nitrogens with one attached hydrogen (secondary N) is 1. The Morgan fingerprint density at radius 2 is 1.89 bits per heavy atom. The zero-order valence-electron chi connectivity index (χ0n) is 11.2. The maximum Gasteiger partial charge on any atom is 0.217 e. The number of hydrogen-bond donors (Lipinski definition) is 2. The van der Waals surface area contributed by atoms with Gasteiger partial charge >= 0.3 is 0 Å². The van der Waals surface area contributed by atoms with Crippen LogP contribution in [0.15, 0.2) is 12.1 Å². The number of carbonyl (C=O) groups excluding carboxylic acids is 1. The molecule has 1 amide bonds. The lowest BCUT2D eigenvalue weighted by atomic mass is 10.1. The standard InChI is InChI=1S/C14H17NO4/c1-10(17)15-6-4-5-12-13(18-2)7-11(9-16)8-14(12)19-3/h7-8,16H,6,9H2,1-3H3,(H,15,17). The van der Waals surface area contributed by atoms with Crippen molar-refractivity contribution in [2.75, 3.05) is 20.8 Å². The molecule has 0 aliphatic carbocycles. The molecule has 0 spiro atoms. The van der Waals surface area contributed by atoms with Crippen LogP contribution >= 0.6 is 0 Å². The number of amides is 1. The van der Waals surface area contributed by atoms with Crippen molar-refractivity contribution >= 4 is 5.91 Å². The molecule has 0 aliphatic heterocycles. The molecule has 19 heavy (non-hydrogen) atoms. The molecule has 102 valence electrons. The third-order valence-electron chi connectivity index (χ3n) is 2.39. The summed E-state index contributed by atoms with van der Waals surface area (Å²) in [6, 6.07) is 3.40. The molecular weight excluding hydrogens is 246 g/mol. The summed E-state index contributed by atoms with van der Waals surface area (Å²) in [6.07, 6.45) is 0. The quantitative estimate of drug-likeness (QED) is 0.784. The summed E-state index contributed by atoms with van der Waals surface area (Å²) >= 11 is 0. The molecule has 0 atom stereocenters. The molecule has 0 saturated heterocycles. The SMILES string of the molecule is COc1cc(CO)cc(OC)c1C#CCNC(C)=O. The van der Waals surface area contributed by atoms with E-state index in [4.69, 9.17) is 14.6 Å². The van der Waals surface area contributed by atoms with Gasteiger partial charge in [0.05, 0.1) is 27.4 Å². The van der Waals surface area contributed by atoms with Gasteiger partial charge in [0.25, 0.3) is 0 Å². The number of aliphatic hydroxyl groups is 1. The summed E-state index contributed by atoms with van der Waals surface area (Å²) in [5.74, 6) is 6.63. The third kappa shape index (κ3) is 4.19. The first-order chi connectivity index (χ1) is 9.12. The maximum absolute atomic E-state index is 10.7. The van der Waals surface area contributed by atoms with Gasteiger partial charge in [-0.3, -0.25) is 4.79 Å². The minimum Gasteiger partial charge on any atom is -0.495 e. The average Bonchev–Trinajstić information content (AvgIpc) is 2.42. The molecule has 0 bridgehead atoms. The Balaban J connectivity index is 3.06. The minimum absolute atomic E-state index is 0.105. The van der Waals surface area contributed by atoms with Crippen LogP contribution in [0.1, 0.15) is 18.1 Å². The van der Waals surface area contributed by atoms with Crippen LogP contribution in [0.5, 0.6) is 11.5 Å². The van der Waals surface area contributed by atoms with Crippen LogP contribution in [0, 0.1) is 11.8 Å². The number of benzene rings is 1. The van der Waals surface area contributed by atoms with Crippen LogP contribution in [0.25, 0.3) is 0 Å². The van der Waals surface area contributed by atoms with Gasteiger partial charge in [-0.25, -0.2) is 0 Å². The largest absolute Gasteiger partial charge is 0.495 e. The van der Waals surface area contributed by atoms with Crippen molar-refractivity contribution in [3.8, 4) is 23.3 Å². The molecule has 0 fully saturated rings. The molecule has 1 aromatic rings. The summed E-state index contributed by atoms with van der Waals surface area (Å²) in [5, 5.41) is 11.7. The van der Waals surface area contributed by atoms with Gasteiger partial charge in [0.2, 0.25) is 5.91 Å². The molecule has 0 unspecified atom stereocenters. The highest BCUT2D eigenvalue weighted by Gasteiger charge is 2.10. The highest BCUT2D eigenvalue weighted by Crippen LogP contribution is 2.29. The van der Waals surface area contributed by atoms with Crippen LogP contribution in [-0.2, 0) is 11.4 Å². The first-order valence-electron chi connectivity index (χ1n) is 5.71. The lowest BCUT2D eigenvalue weighted by molar-refractivity contribution is -0.118. The number of carbonyl (C=O) groups is 1. The van der Waals surface area contributed by atoms with Crippen molar-refractivity contribution in [1.82, 2.24) is 5.32 Å². The maximum atomic E-state index is 10.7. The van der Waals surface area contributed by atoms with Crippen molar-refractivity contribution in [3.63, 3.8) is 0 Å². The highest BCUT2D eigenvalue weighted by atomic mass is 16.5.